The molecule has 0 fully saturated rings. The first-order valence-corrected chi connectivity index (χ1v) is 3.45. The van der Waals surface area contributed by atoms with Crippen LogP contribution >= 0.6 is 0 Å². The lowest BCUT2D eigenvalue weighted by Crippen LogP contribution is -2.15. The van der Waals surface area contributed by atoms with E-state index in [1.807, 2.05) is 0 Å². The van der Waals surface area contributed by atoms with Gasteiger partial charge in [0.25, 0.3) is 0 Å². The first-order chi connectivity index (χ1) is 5.59. The fourth-order valence-electron chi connectivity index (χ4n) is 0.449. The quantitative estimate of drug-likeness (QED) is 0.197. The molecule has 68 valence electrons. The smallest absolute Gasteiger partial charge is 0.341 e. The second-order valence-electron chi connectivity index (χ2n) is 2.16. The molecular formula is C8H12O4. The van der Waals surface area contributed by atoms with Crippen LogP contribution in [0, 0.1) is 0 Å². The molecule has 4 nitrogen and oxygen atoms in total. The second kappa shape index (κ2) is 5.49. The Morgan fingerprint density at radius 3 is 2.33 bits per heavy atom. The monoisotopic (exact) mass is 172 g/mol. The van der Waals surface area contributed by atoms with Gasteiger partial charge in [0.05, 0.1) is 12.2 Å². The molecular weight excluding hydrogens is 160 g/mol. The van der Waals surface area contributed by atoms with E-state index in [1.54, 1.807) is 0 Å². The van der Waals surface area contributed by atoms with Gasteiger partial charge in [-0.3, -0.25) is 4.79 Å². The van der Waals surface area contributed by atoms with E-state index >= 15 is 0 Å². The lowest BCUT2D eigenvalue weighted by Gasteiger charge is -2.03. The van der Waals surface area contributed by atoms with Crippen molar-refractivity contribution in [2.24, 2.45) is 0 Å². The number of hydrogen-bond donors (Lipinski definition) is 0. The SMILES string of the molecule is C=C(C(C)=O)C(=O)OCCOC. The third kappa shape index (κ3) is 3.88. The number of hydrogen-bond acceptors (Lipinski definition) is 4. The Labute approximate surface area is 71.2 Å². The van der Waals surface area contributed by atoms with Gasteiger partial charge in [-0.1, -0.05) is 6.58 Å². The number of methoxy groups -OCH3 is 1. The Morgan fingerprint density at radius 2 is 1.92 bits per heavy atom. The van der Waals surface area contributed by atoms with Crippen molar-refractivity contribution in [3.8, 4) is 0 Å². The average Bonchev–Trinajstić information content (AvgIpc) is 2.03. The molecule has 0 N–H and O–H groups in total. The number of Topliss-reactive ketones (excluding diaryl/α,β-unsaturated/α-hetero) is 1. The maximum absolute atomic E-state index is 10.9. The van der Waals surface area contributed by atoms with Gasteiger partial charge in [0.2, 0.25) is 0 Å². The van der Waals surface area contributed by atoms with Crippen LogP contribution in [0.25, 0.3) is 0 Å². The number of carbonyl (C=O) groups excluding carboxylic acids is 2. The highest BCUT2D eigenvalue weighted by molar-refractivity contribution is 6.15. The molecule has 0 heterocycles. The maximum Gasteiger partial charge on any atom is 0.341 e. The van der Waals surface area contributed by atoms with Gasteiger partial charge in [0.15, 0.2) is 5.78 Å². The summed E-state index contributed by atoms with van der Waals surface area (Å²) in [7, 11) is 1.49. The molecule has 0 aliphatic rings. The summed E-state index contributed by atoms with van der Waals surface area (Å²) >= 11 is 0. The van der Waals surface area contributed by atoms with Crippen LogP contribution < -0.4 is 0 Å². The molecule has 0 saturated carbocycles. The Bertz CT molecular complexity index is 195. The van der Waals surface area contributed by atoms with Crippen molar-refractivity contribution in [1.29, 1.82) is 0 Å². The number of esters is 1. The van der Waals surface area contributed by atoms with E-state index in [9.17, 15) is 9.59 Å². The number of ether oxygens (including phenoxy) is 2. The Morgan fingerprint density at radius 1 is 1.33 bits per heavy atom. The van der Waals surface area contributed by atoms with Crippen LogP contribution in [-0.4, -0.2) is 32.1 Å². The minimum absolute atomic E-state index is 0.133. The zero-order valence-corrected chi connectivity index (χ0v) is 7.25. The molecule has 0 amide bonds. The summed E-state index contributed by atoms with van der Waals surface area (Å²) in [5, 5.41) is 0. The highest BCUT2D eigenvalue weighted by Crippen LogP contribution is 1.95. The fourth-order valence-corrected chi connectivity index (χ4v) is 0.449. The number of rotatable bonds is 5. The predicted octanol–water partition coefficient (Wildman–Crippen LogP) is 0.321. The van der Waals surface area contributed by atoms with Gasteiger partial charge in [-0.25, -0.2) is 4.79 Å². The summed E-state index contributed by atoms with van der Waals surface area (Å²) < 4.78 is 9.26. The Hall–Kier alpha value is -1.16. The van der Waals surface area contributed by atoms with Crippen LogP contribution in [0.2, 0.25) is 0 Å². The van der Waals surface area contributed by atoms with Crippen LogP contribution in [0.5, 0.6) is 0 Å². The minimum atomic E-state index is -0.681. The molecule has 0 aliphatic carbocycles. The lowest BCUT2D eigenvalue weighted by molar-refractivity contribution is -0.141. The van der Waals surface area contributed by atoms with Crippen molar-refractivity contribution < 1.29 is 19.1 Å². The van der Waals surface area contributed by atoms with Gasteiger partial charge in [-0.2, -0.15) is 0 Å². The summed E-state index contributed by atoms with van der Waals surface area (Å²) in [5.41, 5.74) is -0.133. The second-order valence-corrected chi connectivity index (χ2v) is 2.16. The Kier molecular flexibility index (Phi) is 4.96. The molecule has 4 heteroatoms. The summed E-state index contributed by atoms with van der Waals surface area (Å²) in [4.78, 5) is 21.4. The van der Waals surface area contributed by atoms with Crippen LogP contribution in [0.15, 0.2) is 12.2 Å². The zero-order valence-electron chi connectivity index (χ0n) is 7.25. The van der Waals surface area contributed by atoms with E-state index < -0.39 is 5.97 Å². The van der Waals surface area contributed by atoms with Gasteiger partial charge in [0, 0.05) is 7.11 Å². The molecule has 0 atom stereocenters. The summed E-state index contributed by atoms with van der Waals surface area (Å²) in [6, 6.07) is 0. The van der Waals surface area contributed by atoms with E-state index in [4.69, 9.17) is 0 Å². The van der Waals surface area contributed by atoms with Gasteiger partial charge in [0.1, 0.15) is 6.61 Å². The van der Waals surface area contributed by atoms with Crippen LogP contribution in [-0.2, 0) is 19.1 Å². The van der Waals surface area contributed by atoms with Gasteiger partial charge < -0.3 is 9.47 Å². The van der Waals surface area contributed by atoms with Crippen molar-refractivity contribution in [3.05, 3.63) is 12.2 Å². The van der Waals surface area contributed by atoms with Crippen molar-refractivity contribution in [3.63, 3.8) is 0 Å². The molecule has 0 aromatic carbocycles. The van der Waals surface area contributed by atoms with E-state index in [0.29, 0.717) is 6.61 Å². The molecule has 0 aromatic rings. The maximum atomic E-state index is 10.9. The third-order valence-corrected chi connectivity index (χ3v) is 1.19. The van der Waals surface area contributed by atoms with E-state index in [2.05, 4.69) is 16.1 Å². The van der Waals surface area contributed by atoms with E-state index in [1.165, 1.54) is 14.0 Å². The van der Waals surface area contributed by atoms with E-state index in [-0.39, 0.29) is 18.0 Å². The summed E-state index contributed by atoms with van der Waals surface area (Å²) in [6.45, 7) is 4.99. The highest BCUT2D eigenvalue weighted by Gasteiger charge is 2.11. The Balaban J connectivity index is 3.73. The number of carbonyl (C=O) groups is 2. The largest absolute Gasteiger partial charge is 0.460 e. The molecule has 0 saturated heterocycles. The average molecular weight is 172 g/mol. The van der Waals surface area contributed by atoms with Crippen molar-refractivity contribution in [1.82, 2.24) is 0 Å². The van der Waals surface area contributed by atoms with Crippen LogP contribution in [0.4, 0.5) is 0 Å². The molecule has 0 aliphatic heterocycles. The van der Waals surface area contributed by atoms with Crippen molar-refractivity contribution in [2.45, 2.75) is 6.92 Å². The summed E-state index contributed by atoms with van der Waals surface area (Å²) in [5.74, 6) is -1.06. The fraction of sp³-hybridized carbons (Fsp3) is 0.500. The van der Waals surface area contributed by atoms with Crippen LogP contribution in [0.3, 0.4) is 0 Å². The molecule has 12 heavy (non-hydrogen) atoms. The van der Waals surface area contributed by atoms with Crippen LogP contribution in [0.1, 0.15) is 6.92 Å². The third-order valence-electron chi connectivity index (χ3n) is 1.19. The molecule has 0 unspecified atom stereocenters. The minimum Gasteiger partial charge on any atom is -0.460 e. The highest BCUT2D eigenvalue weighted by atomic mass is 16.6. The molecule has 0 spiro atoms. The van der Waals surface area contributed by atoms with E-state index in [0.717, 1.165) is 0 Å². The van der Waals surface area contributed by atoms with Gasteiger partial charge in [-0.05, 0) is 6.92 Å². The predicted molar refractivity (Wildman–Crippen MR) is 42.7 cm³/mol. The van der Waals surface area contributed by atoms with Crippen molar-refractivity contribution >= 4 is 11.8 Å². The van der Waals surface area contributed by atoms with Gasteiger partial charge >= 0.3 is 5.97 Å². The molecule has 0 rings (SSSR count). The molecule has 0 bridgehead atoms. The first-order valence-electron chi connectivity index (χ1n) is 3.45. The zero-order chi connectivity index (χ0) is 9.56. The number of ketones is 1. The first kappa shape index (κ1) is 10.8. The topological polar surface area (TPSA) is 52.6 Å². The molecule has 0 aromatic heterocycles. The lowest BCUT2D eigenvalue weighted by atomic mass is 10.2. The standard InChI is InChI=1S/C8H12O4/c1-6(7(2)9)8(10)12-5-4-11-3/h1,4-5H2,2-3H3. The summed E-state index contributed by atoms with van der Waals surface area (Å²) in [6.07, 6.45) is 0. The normalized spacial score (nSPS) is 9.17. The van der Waals surface area contributed by atoms with Gasteiger partial charge in [-0.15, -0.1) is 0 Å². The molecule has 0 radical (unpaired) electrons. The van der Waals surface area contributed by atoms with Crippen molar-refractivity contribution in [2.75, 3.05) is 20.3 Å².